The fraction of sp³-hybridized carbons (Fsp3) is 0.529. The van der Waals surface area contributed by atoms with E-state index in [9.17, 15) is 9.59 Å². The fourth-order valence-corrected chi connectivity index (χ4v) is 3.83. The summed E-state index contributed by atoms with van der Waals surface area (Å²) in [6.45, 7) is 3.94. The normalized spacial score (nSPS) is 14.8. The molecule has 1 saturated carbocycles. The van der Waals surface area contributed by atoms with Crippen LogP contribution in [0.1, 0.15) is 36.8 Å². The molecular weight excluding hydrogens is 296 g/mol. The van der Waals surface area contributed by atoms with E-state index in [0.29, 0.717) is 11.0 Å². The second kappa shape index (κ2) is 8.22. The van der Waals surface area contributed by atoms with Crippen molar-refractivity contribution in [1.82, 2.24) is 5.32 Å². The maximum atomic E-state index is 11.9. The van der Waals surface area contributed by atoms with Crippen LogP contribution in [0.3, 0.4) is 0 Å². The fourth-order valence-electron chi connectivity index (χ4n) is 2.67. The first-order valence-electron chi connectivity index (χ1n) is 7.80. The SMILES string of the molecule is Cc1cccc(C)c1NC(=O)CNC(=O)CSC1CCCC1. The van der Waals surface area contributed by atoms with Crippen molar-refractivity contribution in [3.05, 3.63) is 29.3 Å². The minimum atomic E-state index is -0.184. The van der Waals surface area contributed by atoms with Crippen molar-refractivity contribution >= 4 is 29.3 Å². The molecule has 2 N–H and O–H groups in total. The number of anilines is 1. The molecule has 4 nitrogen and oxygen atoms in total. The van der Waals surface area contributed by atoms with Gasteiger partial charge < -0.3 is 10.6 Å². The van der Waals surface area contributed by atoms with Gasteiger partial charge in [-0.05, 0) is 37.8 Å². The van der Waals surface area contributed by atoms with Crippen molar-refractivity contribution in [2.45, 2.75) is 44.8 Å². The Balaban J connectivity index is 1.71. The molecule has 0 saturated heterocycles. The van der Waals surface area contributed by atoms with Gasteiger partial charge in [-0.15, -0.1) is 11.8 Å². The van der Waals surface area contributed by atoms with Crippen molar-refractivity contribution in [2.24, 2.45) is 0 Å². The molecule has 120 valence electrons. The van der Waals surface area contributed by atoms with E-state index in [2.05, 4.69) is 10.6 Å². The Bertz CT molecular complexity index is 519. The summed E-state index contributed by atoms with van der Waals surface area (Å²) in [5.41, 5.74) is 2.88. The van der Waals surface area contributed by atoms with E-state index in [4.69, 9.17) is 0 Å². The predicted octanol–water partition coefficient (Wildman–Crippen LogP) is 3.03. The van der Waals surface area contributed by atoms with E-state index >= 15 is 0 Å². The van der Waals surface area contributed by atoms with Crippen LogP contribution < -0.4 is 10.6 Å². The lowest BCUT2D eigenvalue weighted by molar-refractivity contribution is -0.122. The highest BCUT2D eigenvalue weighted by Crippen LogP contribution is 2.29. The van der Waals surface area contributed by atoms with Crippen LogP contribution in [0, 0.1) is 13.8 Å². The smallest absolute Gasteiger partial charge is 0.243 e. The molecule has 1 aliphatic rings. The zero-order valence-electron chi connectivity index (χ0n) is 13.3. The summed E-state index contributed by atoms with van der Waals surface area (Å²) in [5.74, 6) is 0.201. The van der Waals surface area contributed by atoms with Crippen LogP contribution in [0.2, 0.25) is 0 Å². The molecule has 22 heavy (non-hydrogen) atoms. The first kappa shape index (κ1) is 16.9. The number of rotatable bonds is 6. The molecule has 5 heteroatoms. The Kier molecular flexibility index (Phi) is 6.31. The van der Waals surface area contributed by atoms with Crippen molar-refractivity contribution in [1.29, 1.82) is 0 Å². The van der Waals surface area contributed by atoms with Crippen molar-refractivity contribution in [3.63, 3.8) is 0 Å². The minimum absolute atomic E-state index is 0.0256. The molecule has 0 aliphatic heterocycles. The Morgan fingerprint density at radius 3 is 2.41 bits per heavy atom. The van der Waals surface area contributed by atoms with Crippen molar-refractivity contribution in [2.75, 3.05) is 17.6 Å². The van der Waals surface area contributed by atoms with Gasteiger partial charge in [0.15, 0.2) is 0 Å². The molecule has 1 fully saturated rings. The van der Waals surface area contributed by atoms with Crippen LogP contribution in [0.4, 0.5) is 5.69 Å². The second-order valence-corrected chi connectivity index (χ2v) is 7.10. The van der Waals surface area contributed by atoms with Crippen LogP contribution in [0.5, 0.6) is 0 Å². The van der Waals surface area contributed by atoms with E-state index in [0.717, 1.165) is 16.8 Å². The Labute approximate surface area is 136 Å². The Morgan fingerprint density at radius 1 is 1.14 bits per heavy atom. The molecular formula is C17H24N2O2S. The van der Waals surface area contributed by atoms with Gasteiger partial charge in [0.25, 0.3) is 0 Å². The summed E-state index contributed by atoms with van der Waals surface area (Å²) in [6.07, 6.45) is 4.98. The van der Waals surface area contributed by atoms with Gasteiger partial charge in [0.1, 0.15) is 0 Å². The number of para-hydroxylation sites is 1. The zero-order valence-corrected chi connectivity index (χ0v) is 14.1. The van der Waals surface area contributed by atoms with Gasteiger partial charge in [0, 0.05) is 10.9 Å². The molecule has 1 aliphatic carbocycles. The van der Waals surface area contributed by atoms with Crippen molar-refractivity contribution in [3.8, 4) is 0 Å². The van der Waals surface area contributed by atoms with Crippen LogP contribution in [0.25, 0.3) is 0 Å². The molecule has 2 rings (SSSR count). The number of thioether (sulfide) groups is 1. The third-order valence-corrected chi connectivity index (χ3v) is 5.32. The number of benzene rings is 1. The van der Waals surface area contributed by atoms with E-state index in [-0.39, 0.29) is 18.4 Å². The predicted molar refractivity (Wildman–Crippen MR) is 92.3 cm³/mol. The highest BCUT2D eigenvalue weighted by molar-refractivity contribution is 8.00. The van der Waals surface area contributed by atoms with Gasteiger partial charge in [0.05, 0.1) is 12.3 Å². The lowest BCUT2D eigenvalue weighted by Crippen LogP contribution is -2.34. The number of carbonyl (C=O) groups excluding carboxylic acids is 2. The van der Waals surface area contributed by atoms with Gasteiger partial charge in [-0.2, -0.15) is 0 Å². The highest BCUT2D eigenvalue weighted by atomic mass is 32.2. The van der Waals surface area contributed by atoms with Crippen LogP contribution >= 0.6 is 11.8 Å². The summed E-state index contributed by atoms with van der Waals surface area (Å²) in [6, 6.07) is 5.88. The lowest BCUT2D eigenvalue weighted by Gasteiger charge is -2.12. The zero-order chi connectivity index (χ0) is 15.9. The van der Waals surface area contributed by atoms with E-state index < -0.39 is 0 Å². The maximum Gasteiger partial charge on any atom is 0.243 e. The minimum Gasteiger partial charge on any atom is -0.346 e. The van der Waals surface area contributed by atoms with E-state index in [1.807, 2.05) is 32.0 Å². The van der Waals surface area contributed by atoms with Gasteiger partial charge in [0.2, 0.25) is 11.8 Å². The van der Waals surface area contributed by atoms with Crippen LogP contribution in [-0.2, 0) is 9.59 Å². The largest absolute Gasteiger partial charge is 0.346 e. The number of amides is 2. The number of hydrogen-bond donors (Lipinski definition) is 2. The molecule has 0 heterocycles. The standard InChI is InChI=1S/C17H24N2O2S/c1-12-6-5-7-13(2)17(12)19-15(20)10-18-16(21)11-22-14-8-3-4-9-14/h5-7,14H,3-4,8-11H2,1-2H3,(H,18,21)(H,19,20). The average Bonchev–Trinajstić information content (AvgIpc) is 3.00. The van der Waals surface area contributed by atoms with Crippen LogP contribution in [-0.4, -0.2) is 29.4 Å². The van der Waals surface area contributed by atoms with Gasteiger partial charge in [-0.1, -0.05) is 31.0 Å². The monoisotopic (exact) mass is 320 g/mol. The van der Waals surface area contributed by atoms with Gasteiger partial charge >= 0.3 is 0 Å². The Morgan fingerprint density at radius 2 is 1.77 bits per heavy atom. The van der Waals surface area contributed by atoms with Crippen molar-refractivity contribution < 1.29 is 9.59 Å². The molecule has 2 amide bonds. The third kappa shape index (κ3) is 5.05. The summed E-state index contributed by atoms with van der Waals surface area (Å²) in [5, 5.41) is 6.18. The number of aryl methyl sites for hydroxylation is 2. The van der Waals surface area contributed by atoms with E-state index in [1.54, 1.807) is 11.8 Å². The number of hydrogen-bond acceptors (Lipinski definition) is 3. The lowest BCUT2D eigenvalue weighted by atomic mass is 10.1. The summed E-state index contributed by atoms with van der Waals surface area (Å²) in [7, 11) is 0. The second-order valence-electron chi connectivity index (χ2n) is 5.81. The molecule has 0 spiro atoms. The number of carbonyl (C=O) groups is 2. The summed E-state index contributed by atoms with van der Waals surface area (Å²) < 4.78 is 0. The molecule has 1 aromatic carbocycles. The molecule has 0 radical (unpaired) electrons. The topological polar surface area (TPSA) is 58.2 Å². The molecule has 0 bridgehead atoms. The first-order valence-corrected chi connectivity index (χ1v) is 8.85. The average molecular weight is 320 g/mol. The number of nitrogens with one attached hydrogen (secondary N) is 2. The molecule has 0 atom stereocenters. The summed E-state index contributed by atoms with van der Waals surface area (Å²) in [4.78, 5) is 23.7. The van der Waals surface area contributed by atoms with Gasteiger partial charge in [-0.3, -0.25) is 9.59 Å². The van der Waals surface area contributed by atoms with E-state index in [1.165, 1.54) is 25.7 Å². The molecule has 1 aromatic rings. The van der Waals surface area contributed by atoms with Crippen LogP contribution in [0.15, 0.2) is 18.2 Å². The quantitative estimate of drug-likeness (QED) is 0.847. The maximum absolute atomic E-state index is 11.9. The first-order chi connectivity index (χ1) is 10.6. The molecule has 0 unspecified atom stereocenters. The Hall–Kier alpha value is -1.49. The molecule has 0 aromatic heterocycles. The third-order valence-electron chi connectivity index (χ3n) is 3.94. The highest BCUT2D eigenvalue weighted by Gasteiger charge is 2.17. The van der Waals surface area contributed by atoms with Gasteiger partial charge in [-0.25, -0.2) is 0 Å². The summed E-state index contributed by atoms with van der Waals surface area (Å²) >= 11 is 1.71.